The van der Waals surface area contributed by atoms with Crippen molar-refractivity contribution in [2.24, 2.45) is 0 Å². The second-order valence-corrected chi connectivity index (χ2v) is 17.4. The molecule has 0 aliphatic heterocycles. The first kappa shape index (κ1) is 59.1. The largest absolute Gasteiger partial charge is 0.462 e. The van der Waals surface area contributed by atoms with Crippen molar-refractivity contribution < 1.29 is 28.6 Å². The van der Waals surface area contributed by atoms with Crippen molar-refractivity contribution in [3.8, 4) is 0 Å². The van der Waals surface area contributed by atoms with Crippen LogP contribution in [0, 0.1) is 0 Å². The van der Waals surface area contributed by atoms with Gasteiger partial charge in [0, 0.05) is 19.3 Å². The summed E-state index contributed by atoms with van der Waals surface area (Å²) >= 11 is 0. The van der Waals surface area contributed by atoms with Gasteiger partial charge in [0.1, 0.15) is 13.2 Å². The highest BCUT2D eigenvalue weighted by molar-refractivity contribution is 5.71. The maximum atomic E-state index is 12.8. The van der Waals surface area contributed by atoms with Gasteiger partial charge in [-0.3, -0.25) is 14.4 Å². The number of carbonyl (C=O) groups is 3. The van der Waals surface area contributed by atoms with Crippen LogP contribution in [0.1, 0.15) is 258 Å². The Morgan fingerprint density at radius 3 is 1.03 bits per heavy atom. The first-order chi connectivity index (χ1) is 30.5. The summed E-state index contributed by atoms with van der Waals surface area (Å²) in [6.07, 6.45) is 62.1. The molecule has 0 fully saturated rings. The molecule has 0 saturated carbocycles. The van der Waals surface area contributed by atoms with Crippen LogP contribution >= 0.6 is 0 Å². The maximum absolute atomic E-state index is 12.8. The number of ether oxygens (including phenoxy) is 3. The van der Waals surface area contributed by atoms with E-state index < -0.39 is 6.10 Å². The molecule has 0 spiro atoms. The minimum Gasteiger partial charge on any atom is -0.462 e. The first-order valence-electron chi connectivity index (χ1n) is 26.3. The molecule has 0 aromatic rings. The summed E-state index contributed by atoms with van der Waals surface area (Å²) in [4.78, 5) is 37.9. The Kier molecular flexibility index (Phi) is 48.4. The van der Waals surface area contributed by atoms with Crippen LogP contribution in [0.15, 0.2) is 60.8 Å². The highest BCUT2D eigenvalue weighted by Gasteiger charge is 2.19. The standard InChI is InChI=1S/C56H98O6/c1-4-7-10-13-16-19-22-24-26-28-30-31-34-37-40-43-46-49-55(58)61-52-53(51-60-54(57)48-45-42-39-36-33-21-18-15-12-9-6-3)62-56(59)50-47-44-41-38-35-32-29-27-25-23-20-17-14-11-8-5-2/h15,18,24,26-27,29-31,37,40,53H,4-14,16-17,19-23,25,28,32-36,38-39,41-52H2,1-3H3/b18-15-,26-24-,29-27-,31-30-,40-37-. The molecule has 6 nitrogen and oxygen atoms in total. The molecule has 0 aliphatic rings. The predicted molar refractivity (Wildman–Crippen MR) is 265 cm³/mol. The van der Waals surface area contributed by atoms with Crippen molar-refractivity contribution in [1.82, 2.24) is 0 Å². The van der Waals surface area contributed by atoms with E-state index in [-0.39, 0.29) is 37.5 Å². The van der Waals surface area contributed by atoms with Crippen LogP contribution in [-0.2, 0) is 28.6 Å². The van der Waals surface area contributed by atoms with Gasteiger partial charge in [-0.25, -0.2) is 0 Å². The summed E-state index contributed by atoms with van der Waals surface area (Å²) in [5, 5.41) is 0. The highest BCUT2D eigenvalue weighted by Crippen LogP contribution is 2.14. The zero-order chi connectivity index (χ0) is 45.1. The van der Waals surface area contributed by atoms with E-state index in [1.54, 1.807) is 0 Å². The van der Waals surface area contributed by atoms with Crippen molar-refractivity contribution in [1.29, 1.82) is 0 Å². The van der Waals surface area contributed by atoms with E-state index in [4.69, 9.17) is 14.2 Å². The quantitative estimate of drug-likeness (QED) is 0.0262. The average molecular weight is 867 g/mol. The molecule has 0 radical (unpaired) electrons. The zero-order valence-corrected chi connectivity index (χ0v) is 40.9. The fourth-order valence-corrected chi connectivity index (χ4v) is 7.20. The molecular formula is C56H98O6. The molecule has 62 heavy (non-hydrogen) atoms. The maximum Gasteiger partial charge on any atom is 0.306 e. The molecule has 0 heterocycles. The summed E-state index contributed by atoms with van der Waals surface area (Å²) < 4.78 is 16.7. The van der Waals surface area contributed by atoms with Crippen LogP contribution in [-0.4, -0.2) is 37.2 Å². The van der Waals surface area contributed by atoms with Crippen LogP contribution in [0.4, 0.5) is 0 Å². The molecule has 0 amide bonds. The molecule has 0 aliphatic carbocycles. The van der Waals surface area contributed by atoms with Crippen LogP contribution in [0.2, 0.25) is 0 Å². The fourth-order valence-electron chi connectivity index (χ4n) is 7.20. The molecule has 0 rings (SSSR count). The second-order valence-electron chi connectivity index (χ2n) is 17.4. The molecule has 1 unspecified atom stereocenters. The van der Waals surface area contributed by atoms with Gasteiger partial charge in [0.05, 0.1) is 0 Å². The van der Waals surface area contributed by atoms with Gasteiger partial charge in [-0.1, -0.05) is 204 Å². The molecule has 0 aromatic heterocycles. The number of esters is 3. The number of hydrogen-bond donors (Lipinski definition) is 0. The van der Waals surface area contributed by atoms with Crippen molar-refractivity contribution >= 4 is 17.9 Å². The van der Waals surface area contributed by atoms with Crippen LogP contribution in [0.25, 0.3) is 0 Å². The van der Waals surface area contributed by atoms with E-state index in [0.717, 1.165) is 77.0 Å². The van der Waals surface area contributed by atoms with Crippen LogP contribution in [0.3, 0.4) is 0 Å². The fraction of sp³-hybridized carbons (Fsp3) is 0.768. The third-order valence-electron chi connectivity index (χ3n) is 11.2. The highest BCUT2D eigenvalue weighted by atomic mass is 16.6. The van der Waals surface area contributed by atoms with E-state index in [0.29, 0.717) is 19.3 Å². The average Bonchev–Trinajstić information content (AvgIpc) is 3.27. The van der Waals surface area contributed by atoms with Crippen LogP contribution < -0.4 is 0 Å². The minimum absolute atomic E-state index is 0.0974. The predicted octanol–water partition coefficient (Wildman–Crippen LogP) is 17.3. The van der Waals surface area contributed by atoms with Gasteiger partial charge in [-0.15, -0.1) is 0 Å². The van der Waals surface area contributed by atoms with E-state index >= 15 is 0 Å². The van der Waals surface area contributed by atoms with Gasteiger partial charge >= 0.3 is 17.9 Å². The van der Waals surface area contributed by atoms with E-state index in [1.165, 1.54) is 135 Å². The molecule has 358 valence electrons. The number of carbonyl (C=O) groups excluding carboxylic acids is 3. The van der Waals surface area contributed by atoms with Gasteiger partial charge in [0.15, 0.2) is 6.10 Å². The van der Waals surface area contributed by atoms with E-state index in [9.17, 15) is 14.4 Å². The van der Waals surface area contributed by atoms with Crippen molar-refractivity contribution in [2.75, 3.05) is 13.2 Å². The lowest BCUT2D eigenvalue weighted by Crippen LogP contribution is -2.30. The smallest absolute Gasteiger partial charge is 0.306 e. The topological polar surface area (TPSA) is 78.9 Å². The third-order valence-corrected chi connectivity index (χ3v) is 11.2. The van der Waals surface area contributed by atoms with Crippen LogP contribution in [0.5, 0.6) is 0 Å². The van der Waals surface area contributed by atoms with Crippen molar-refractivity contribution in [2.45, 2.75) is 264 Å². The summed E-state index contributed by atoms with van der Waals surface area (Å²) in [7, 11) is 0. The minimum atomic E-state index is -0.800. The Morgan fingerprint density at radius 1 is 0.323 bits per heavy atom. The van der Waals surface area contributed by atoms with Gasteiger partial charge in [0.25, 0.3) is 0 Å². The monoisotopic (exact) mass is 867 g/mol. The Morgan fingerprint density at radius 2 is 0.613 bits per heavy atom. The lowest BCUT2D eigenvalue weighted by atomic mass is 10.1. The summed E-state index contributed by atoms with van der Waals surface area (Å²) in [5.74, 6) is -0.966. The van der Waals surface area contributed by atoms with Crippen molar-refractivity contribution in [3.05, 3.63) is 60.8 Å². The van der Waals surface area contributed by atoms with Gasteiger partial charge in [0.2, 0.25) is 0 Å². The molecule has 1 atom stereocenters. The Labute approximate surface area is 383 Å². The van der Waals surface area contributed by atoms with E-state index in [2.05, 4.69) is 81.5 Å². The summed E-state index contributed by atoms with van der Waals surface area (Å²) in [5.41, 5.74) is 0. The third kappa shape index (κ3) is 48.1. The number of hydrogen-bond acceptors (Lipinski definition) is 6. The van der Waals surface area contributed by atoms with Gasteiger partial charge in [-0.2, -0.15) is 0 Å². The van der Waals surface area contributed by atoms with Crippen molar-refractivity contribution in [3.63, 3.8) is 0 Å². The SMILES string of the molecule is CCCC/C=C\CCCCCCCC(=O)OCC(COC(=O)CCC/C=C\C/C=C\C/C=C\CCCCCCCC)OC(=O)CCCCCCC/C=C\CCCCCCCCC. The van der Waals surface area contributed by atoms with Gasteiger partial charge < -0.3 is 14.2 Å². The van der Waals surface area contributed by atoms with Gasteiger partial charge in [-0.05, 0) is 96.3 Å². The Bertz CT molecular complexity index is 1130. The summed E-state index contributed by atoms with van der Waals surface area (Å²) in [6, 6.07) is 0. The lowest BCUT2D eigenvalue weighted by molar-refractivity contribution is -0.167. The molecule has 0 N–H and O–H groups in total. The lowest BCUT2D eigenvalue weighted by Gasteiger charge is -2.18. The molecule has 0 bridgehead atoms. The Balaban J connectivity index is 4.45. The summed E-state index contributed by atoms with van der Waals surface area (Å²) in [6.45, 7) is 6.54. The van der Waals surface area contributed by atoms with E-state index in [1.807, 2.05) is 0 Å². The normalized spacial score (nSPS) is 12.5. The molecular weight excluding hydrogens is 769 g/mol. The molecule has 6 heteroatoms. The zero-order valence-electron chi connectivity index (χ0n) is 40.9. The number of rotatable bonds is 47. The first-order valence-corrected chi connectivity index (χ1v) is 26.3. The number of allylic oxidation sites excluding steroid dienone is 10. The molecule has 0 saturated heterocycles. The Hall–Kier alpha value is -2.89. The second kappa shape index (κ2) is 50.8. The molecule has 0 aromatic carbocycles. The number of unbranched alkanes of at least 4 members (excludes halogenated alkanes) is 26.